The Bertz CT molecular complexity index is 1340. The number of rotatable bonds is 21. The Morgan fingerprint density at radius 3 is 2.12 bits per heavy atom. The zero-order chi connectivity index (χ0) is 34.9. The van der Waals surface area contributed by atoms with E-state index >= 15 is 0 Å². The highest BCUT2D eigenvalue weighted by Gasteiger charge is 2.30. The van der Waals surface area contributed by atoms with Gasteiger partial charge in [0, 0.05) is 54.4 Å². The predicted molar refractivity (Wildman–Crippen MR) is 181 cm³/mol. The molecular weight excluding hydrogens is 667 g/mol. The smallest absolute Gasteiger partial charge is 0.252 e. The molecule has 3 rings (SSSR count). The molecule has 1 heterocycles. The summed E-state index contributed by atoms with van der Waals surface area (Å²) < 4.78 is 21.4. The Hall–Kier alpha value is -2.85. The van der Waals surface area contributed by atoms with Crippen LogP contribution in [0, 0.1) is 0 Å². The lowest BCUT2D eigenvalue weighted by molar-refractivity contribution is -0.146. The quantitative estimate of drug-likeness (QED) is 0.121. The fourth-order valence-electron chi connectivity index (χ4n) is 5.03. The van der Waals surface area contributed by atoms with Gasteiger partial charge in [0.05, 0.1) is 52.7 Å². The van der Waals surface area contributed by atoms with Crippen molar-refractivity contribution in [2.75, 3.05) is 84.9 Å². The summed E-state index contributed by atoms with van der Waals surface area (Å²) in [5.41, 5.74) is 3.93. The lowest BCUT2D eigenvalue weighted by Crippen LogP contribution is -2.50. The van der Waals surface area contributed by atoms with Crippen molar-refractivity contribution < 1.29 is 43.5 Å². The van der Waals surface area contributed by atoms with Crippen LogP contribution in [0.5, 0.6) is 0 Å². The molecule has 0 radical (unpaired) electrons. The van der Waals surface area contributed by atoms with Gasteiger partial charge in [0.1, 0.15) is 0 Å². The molecule has 0 aromatic heterocycles. The lowest BCUT2D eigenvalue weighted by Gasteiger charge is -2.33. The van der Waals surface area contributed by atoms with E-state index < -0.39 is 24.0 Å². The van der Waals surface area contributed by atoms with Crippen molar-refractivity contribution in [1.29, 1.82) is 0 Å². The number of aliphatic hydroxyl groups excluding tert-OH is 2. The lowest BCUT2D eigenvalue weighted by atomic mass is 9.84. The van der Waals surface area contributed by atoms with Crippen molar-refractivity contribution in [3.63, 3.8) is 0 Å². The number of carbonyl (C=O) groups excluding carboxylic acids is 3. The largest absolute Gasteiger partial charge is 0.380 e. The number of anilines is 1. The molecule has 3 amide bonds. The van der Waals surface area contributed by atoms with Crippen molar-refractivity contribution in [3.05, 3.63) is 63.1 Å². The van der Waals surface area contributed by atoms with Gasteiger partial charge < -0.3 is 50.0 Å². The Morgan fingerprint density at radius 1 is 0.875 bits per heavy atom. The molecule has 2 aromatic carbocycles. The van der Waals surface area contributed by atoms with Gasteiger partial charge in [0.2, 0.25) is 5.91 Å². The summed E-state index contributed by atoms with van der Waals surface area (Å²) >= 11 is 12.8. The van der Waals surface area contributed by atoms with Crippen LogP contribution in [0.1, 0.15) is 36.0 Å². The summed E-state index contributed by atoms with van der Waals surface area (Å²) in [6.45, 7) is 5.84. The molecular formula is C33H46Cl2N4O9. The molecule has 1 unspecified atom stereocenters. The number of halogens is 2. The number of amides is 3. The van der Waals surface area contributed by atoms with Crippen molar-refractivity contribution in [2.24, 2.45) is 0 Å². The minimum atomic E-state index is -1.91. The van der Waals surface area contributed by atoms with Crippen molar-refractivity contribution in [1.82, 2.24) is 15.5 Å². The molecule has 48 heavy (non-hydrogen) atoms. The first-order valence-electron chi connectivity index (χ1n) is 15.9. The van der Waals surface area contributed by atoms with E-state index in [2.05, 4.69) is 27.9 Å². The summed E-state index contributed by atoms with van der Waals surface area (Å²) in [4.78, 5) is 38.5. The average molecular weight is 714 g/mol. The summed E-state index contributed by atoms with van der Waals surface area (Å²) in [5, 5.41) is 28.6. The van der Waals surface area contributed by atoms with Crippen LogP contribution >= 0.6 is 23.2 Å². The second-order valence-corrected chi connectivity index (χ2v) is 12.0. The third-order valence-electron chi connectivity index (χ3n) is 7.41. The van der Waals surface area contributed by atoms with Gasteiger partial charge in [-0.25, -0.2) is 0 Å². The maximum Gasteiger partial charge on any atom is 0.252 e. The summed E-state index contributed by atoms with van der Waals surface area (Å²) in [6.07, 6.45) is -3.63. The van der Waals surface area contributed by atoms with E-state index in [1.807, 2.05) is 30.3 Å². The van der Waals surface area contributed by atoms with Crippen LogP contribution in [-0.4, -0.2) is 125 Å². The summed E-state index contributed by atoms with van der Waals surface area (Å²) in [6, 6.07) is 11.5. The number of nitrogens with zero attached hydrogens (tertiary/aromatic N) is 1. The molecule has 266 valence electrons. The first kappa shape index (κ1) is 39.6. The summed E-state index contributed by atoms with van der Waals surface area (Å²) in [5.74, 6) is -1.86. The van der Waals surface area contributed by atoms with Gasteiger partial charge in [-0.05, 0) is 54.9 Å². The Labute approximate surface area is 291 Å². The fourth-order valence-corrected chi connectivity index (χ4v) is 5.60. The number of carbonyl (C=O) groups is 3. The molecule has 2 aromatic rings. The van der Waals surface area contributed by atoms with Gasteiger partial charge in [0.15, 0.2) is 12.2 Å². The number of ether oxygens (including phenoxy) is 4. The number of hydrogen-bond donors (Lipinski definition) is 5. The van der Waals surface area contributed by atoms with E-state index in [1.165, 1.54) is 0 Å². The fraction of sp³-hybridized carbons (Fsp3) is 0.545. The SMILES string of the molecule is CCOCCNC(=O)[C@H](O)[C@@H](O)C(=O)NCCOCCOCCOCCC(=O)Nc1cccc(C2CN(C)Cc3c(Cl)cc(Cl)cc32)c1. The highest BCUT2D eigenvalue weighted by molar-refractivity contribution is 6.35. The third-order valence-corrected chi connectivity index (χ3v) is 7.97. The molecule has 0 saturated heterocycles. The second-order valence-electron chi connectivity index (χ2n) is 11.1. The second kappa shape index (κ2) is 21.3. The maximum absolute atomic E-state index is 12.5. The molecule has 0 fully saturated rings. The van der Waals surface area contributed by atoms with Crippen molar-refractivity contribution in [3.8, 4) is 0 Å². The van der Waals surface area contributed by atoms with Crippen LogP contribution in [-0.2, 0) is 39.9 Å². The first-order chi connectivity index (χ1) is 23.1. The molecule has 13 nitrogen and oxygen atoms in total. The summed E-state index contributed by atoms with van der Waals surface area (Å²) in [7, 11) is 2.05. The molecule has 1 aliphatic rings. The van der Waals surface area contributed by atoms with Crippen LogP contribution in [0.25, 0.3) is 0 Å². The van der Waals surface area contributed by atoms with Crippen LogP contribution in [0.2, 0.25) is 10.0 Å². The number of likely N-dealkylation sites (N-methyl/N-ethyl adjacent to an activating group) is 1. The van der Waals surface area contributed by atoms with Gasteiger partial charge in [-0.3, -0.25) is 14.4 Å². The Morgan fingerprint density at radius 2 is 1.48 bits per heavy atom. The molecule has 0 spiro atoms. The van der Waals surface area contributed by atoms with E-state index in [4.69, 9.17) is 42.1 Å². The van der Waals surface area contributed by atoms with E-state index in [0.29, 0.717) is 35.6 Å². The van der Waals surface area contributed by atoms with Crippen LogP contribution < -0.4 is 16.0 Å². The normalized spacial score (nSPS) is 15.8. The third kappa shape index (κ3) is 13.2. The topological polar surface area (TPSA) is 168 Å². The monoisotopic (exact) mass is 712 g/mol. The van der Waals surface area contributed by atoms with E-state index in [1.54, 1.807) is 13.0 Å². The first-order valence-corrected chi connectivity index (χ1v) is 16.6. The van der Waals surface area contributed by atoms with E-state index in [9.17, 15) is 24.6 Å². The Balaban J connectivity index is 1.23. The molecule has 5 N–H and O–H groups in total. The van der Waals surface area contributed by atoms with Crippen LogP contribution in [0.15, 0.2) is 36.4 Å². The van der Waals surface area contributed by atoms with E-state index in [-0.39, 0.29) is 64.4 Å². The molecule has 15 heteroatoms. The minimum absolute atomic E-state index is 0.0674. The number of benzene rings is 2. The van der Waals surface area contributed by atoms with Crippen molar-refractivity contribution in [2.45, 2.75) is 38.0 Å². The van der Waals surface area contributed by atoms with Gasteiger partial charge >= 0.3 is 0 Å². The van der Waals surface area contributed by atoms with Gasteiger partial charge in [-0.15, -0.1) is 0 Å². The number of hydrogen-bond acceptors (Lipinski definition) is 10. The van der Waals surface area contributed by atoms with E-state index in [0.717, 1.165) is 29.8 Å². The number of nitrogens with one attached hydrogen (secondary N) is 3. The molecule has 0 saturated carbocycles. The molecule has 0 aliphatic carbocycles. The average Bonchev–Trinajstić information content (AvgIpc) is 3.06. The van der Waals surface area contributed by atoms with Crippen LogP contribution in [0.4, 0.5) is 5.69 Å². The zero-order valence-electron chi connectivity index (χ0n) is 27.3. The van der Waals surface area contributed by atoms with Gasteiger partial charge in [-0.2, -0.15) is 0 Å². The highest BCUT2D eigenvalue weighted by atomic mass is 35.5. The molecule has 3 atom stereocenters. The zero-order valence-corrected chi connectivity index (χ0v) is 28.9. The number of aliphatic hydroxyl groups is 2. The van der Waals surface area contributed by atoms with Gasteiger partial charge in [0.25, 0.3) is 11.8 Å². The molecule has 1 aliphatic heterocycles. The predicted octanol–water partition coefficient (Wildman–Crippen LogP) is 1.94. The van der Waals surface area contributed by atoms with Gasteiger partial charge in [-0.1, -0.05) is 35.3 Å². The number of fused-ring (bicyclic) bond motifs is 1. The Kier molecular flexibility index (Phi) is 17.6. The van der Waals surface area contributed by atoms with Crippen molar-refractivity contribution >= 4 is 46.6 Å². The maximum atomic E-state index is 12.5. The molecule has 0 bridgehead atoms. The van der Waals surface area contributed by atoms with Crippen LogP contribution in [0.3, 0.4) is 0 Å². The minimum Gasteiger partial charge on any atom is -0.380 e. The highest BCUT2D eigenvalue weighted by Crippen LogP contribution is 2.38. The standard InChI is InChI=1S/C33H46Cl2N4O9/c1-3-45-11-8-36-32(43)30(41)31(42)33(44)37-9-12-47-14-16-48-15-13-46-10-7-29(40)38-24-6-4-5-22(17-24)26-20-39(2)21-27-25(26)18-23(34)19-28(27)35/h4-6,17-19,26,30-31,41-42H,3,7-16,20-21H2,1-2H3,(H,36,43)(H,37,44)(H,38,40)/t26?,30-,31-/m1/s1.